The summed E-state index contributed by atoms with van der Waals surface area (Å²) in [4.78, 5) is 4.21. The van der Waals surface area contributed by atoms with Gasteiger partial charge in [0.2, 0.25) is 5.69 Å². The van der Waals surface area contributed by atoms with Crippen molar-refractivity contribution < 1.29 is 4.57 Å². The summed E-state index contributed by atoms with van der Waals surface area (Å²) in [5.74, 6) is 0. The third kappa shape index (κ3) is 1.97. The Hall–Kier alpha value is -2.22. The maximum Gasteiger partial charge on any atom is 0.220 e. The van der Waals surface area contributed by atoms with Crippen LogP contribution in [0.3, 0.4) is 0 Å². The smallest absolute Gasteiger partial charge is 0.220 e. The fraction of sp³-hybridized carbons (Fsp3) is 0.222. The van der Waals surface area contributed by atoms with E-state index in [0.29, 0.717) is 0 Å². The quantitative estimate of drug-likeness (QED) is 0.612. The first-order valence-electron chi connectivity index (χ1n) is 6.89. The van der Waals surface area contributed by atoms with Gasteiger partial charge < -0.3 is 0 Å². The van der Waals surface area contributed by atoms with Gasteiger partial charge in [-0.15, -0.1) is 0 Å². The highest BCUT2D eigenvalue weighted by atomic mass is 14.9. The molecule has 0 radical (unpaired) electrons. The minimum Gasteiger partial charge on any atom is -0.264 e. The fourth-order valence-electron chi connectivity index (χ4n) is 2.76. The van der Waals surface area contributed by atoms with E-state index in [2.05, 4.69) is 67.7 Å². The normalized spacial score (nSPS) is 11.0. The molecular formula is C18H19N2+. The molecule has 20 heavy (non-hydrogen) atoms. The Morgan fingerprint density at radius 2 is 1.80 bits per heavy atom. The molecule has 3 rings (SSSR count). The van der Waals surface area contributed by atoms with Crippen LogP contribution in [0.25, 0.3) is 22.0 Å². The molecule has 0 saturated heterocycles. The predicted octanol–water partition coefficient (Wildman–Crippen LogP) is 3.65. The molecule has 2 heteroatoms. The van der Waals surface area contributed by atoms with Crippen molar-refractivity contribution in [3.05, 3.63) is 59.5 Å². The fourth-order valence-corrected chi connectivity index (χ4v) is 2.76. The summed E-state index contributed by atoms with van der Waals surface area (Å²) in [6.45, 7) is 6.41. The number of pyridine rings is 2. The van der Waals surface area contributed by atoms with E-state index in [4.69, 9.17) is 0 Å². The minimum absolute atomic E-state index is 1.20. The van der Waals surface area contributed by atoms with Crippen molar-refractivity contribution in [2.24, 2.45) is 7.05 Å². The van der Waals surface area contributed by atoms with Crippen molar-refractivity contribution in [2.75, 3.05) is 0 Å². The lowest BCUT2D eigenvalue weighted by Gasteiger charge is -2.10. The summed E-state index contributed by atoms with van der Waals surface area (Å²) in [5, 5.41) is 2.59. The highest BCUT2D eigenvalue weighted by molar-refractivity contribution is 5.94. The Morgan fingerprint density at radius 1 is 1.00 bits per heavy atom. The number of fused-ring (bicyclic) bond motifs is 1. The Bertz CT molecular complexity index is 804. The molecule has 0 aliphatic heterocycles. The zero-order valence-electron chi connectivity index (χ0n) is 12.4. The maximum atomic E-state index is 4.21. The second kappa shape index (κ2) is 4.71. The van der Waals surface area contributed by atoms with Crippen molar-refractivity contribution in [3.8, 4) is 11.3 Å². The monoisotopic (exact) mass is 263 g/mol. The Labute approximate surface area is 119 Å². The van der Waals surface area contributed by atoms with Crippen molar-refractivity contribution in [1.29, 1.82) is 0 Å². The first-order valence-corrected chi connectivity index (χ1v) is 6.89. The first-order chi connectivity index (χ1) is 9.58. The van der Waals surface area contributed by atoms with Gasteiger partial charge in [-0.1, -0.05) is 17.7 Å². The van der Waals surface area contributed by atoms with Crippen LogP contribution < -0.4 is 4.57 Å². The summed E-state index contributed by atoms with van der Waals surface area (Å²) >= 11 is 0. The highest BCUT2D eigenvalue weighted by Crippen LogP contribution is 2.28. The van der Waals surface area contributed by atoms with E-state index in [-0.39, 0.29) is 0 Å². The van der Waals surface area contributed by atoms with E-state index in [0.717, 1.165) is 0 Å². The van der Waals surface area contributed by atoms with Gasteiger partial charge in [-0.05, 0) is 36.9 Å². The van der Waals surface area contributed by atoms with Crippen LogP contribution in [0.15, 0.2) is 42.7 Å². The van der Waals surface area contributed by atoms with Gasteiger partial charge in [0.05, 0.1) is 10.9 Å². The highest BCUT2D eigenvalue weighted by Gasteiger charge is 2.19. The van der Waals surface area contributed by atoms with Gasteiger partial charge in [0.15, 0.2) is 5.69 Å². The van der Waals surface area contributed by atoms with E-state index < -0.39 is 0 Å². The lowest BCUT2D eigenvalue weighted by atomic mass is 9.99. The lowest BCUT2D eigenvalue weighted by Crippen LogP contribution is -2.35. The number of benzene rings is 1. The van der Waals surface area contributed by atoms with Crippen LogP contribution in [-0.4, -0.2) is 4.98 Å². The van der Waals surface area contributed by atoms with Crippen LogP contribution in [0.2, 0.25) is 0 Å². The van der Waals surface area contributed by atoms with Gasteiger partial charge in [0.25, 0.3) is 0 Å². The molecule has 2 aromatic heterocycles. The van der Waals surface area contributed by atoms with Gasteiger partial charge in [-0.3, -0.25) is 4.98 Å². The first kappa shape index (κ1) is 12.8. The Morgan fingerprint density at radius 3 is 2.55 bits per heavy atom. The van der Waals surface area contributed by atoms with Crippen molar-refractivity contribution in [1.82, 2.24) is 4.98 Å². The van der Waals surface area contributed by atoms with Crippen LogP contribution in [0.5, 0.6) is 0 Å². The van der Waals surface area contributed by atoms with Crippen LogP contribution >= 0.6 is 0 Å². The molecular weight excluding hydrogens is 244 g/mol. The molecule has 2 heterocycles. The number of aromatic nitrogens is 2. The van der Waals surface area contributed by atoms with Gasteiger partial charge in [-0.2, -0.15) is 4.57 Å². The van der Waals surface area contributed by atoms with Gasteiger partial charge in [0, 0.05) is 25.4 Å². The summed E-state index contributed by atoms with van der Waals surface area (Å²) in [6.07, 6.45) is 3.79. The summed E-state index contributed by atoms with van der Waals surface area (Å²) in [7, 11) is 2.13. The SMILES string of the molecule is Cc1ccc2c(-c3ccncc3C)[n+](C)c(C)cc2c1. The van der Waals surface area contributed by atoms with Crippen LogP contribution in [0.1, 0.15) is 16.8 Å². The van der Waals surface area contributed by atoms with Crippen molar-refractivity contribution in [2.45, 2.75) is 20.8 Å². The summed E-state index contributed by atoms with van der Waals surface area (Å²) < 4.78 is 2.26. The number of hydrogen-bond donors (Lipinski definition) is 0. The molecule has 0 N–H and O–H groups in total. The van der Waals surface area contributed by atoms with E-state index >= 15 is 0 Å². The number of rotatable bonds is 1. The third-order valence-corrected chi connectivity index (χ3v) is 3.97. The lowest BCUT2D eigenvalue weighted by molar-refractivity contribution is -0.665. The maximum absolute atomic E-state index is 4.21. The molecule has 1 aromatic carbocycles. The molecule has 0 bridgehead atoms. The topological polar surface area (TPSA) is 16.8 Å². The molecule has 0 saturated carbocycles. The number of hydrogen-bond acceptors (Lipinski definition) is 1. The molecule has 100 valence electrons. The molecule has 0 aliphatic carbocycles. The number of nitrogens with zero attached hydrogens (tertiary/aromatic N) is 2. The molecule has 0 amide bonds. The molecule has 0 aliphatic rings. The van der Waals surface area contributed by atoms with Crippen molar-refractivity contribution in [3.63, 3.8) is 0 Å². The average molecular weight is 263 g/mol. The standard InChI is InChI=1S/C18H19N2/c1-12-5-6-17-15(9-12)10-14(3)20(4)18(17)16-7-8-19-11-13(16)2/h5-11H,1-4H3/q+1. The average Bonchev–Trinajstić information content (AvgIpc) is 2.42. The van der Waals surface area contributed by atoms with Gasteiger partial charge in [0.1, 0.15) is 7.05 Å². The van der Waals surface area contributed by atoms with E-state index in [1.165, 1.54) is 38.9 Å². The largest absolute Gasteiger partial charge is 0.264 e. The summed E-state index contributed by atoms with van der Waals surface area (Å²) in [5.41, 5.74) is 6.27. The van der Waals surface area contributed by atoms with E-state index in [1.807, 2.05) is 12.4 Å². The Balaban J connectivity index is 2.45. The second-order valence-corrected chi connectivity index (χ2v) is 5.47. The minimum atomic E-state index is 1.20. The van der Waals surface area contributed by atoms with Crippen LogP contribution in [-0.2, 0) is 7.05 Å². The Kier molecular flexibility index (Phi) is 3.01. The third-order valence-electron chi connectivity index (χ3n) is 3.97. The molecule has 0 spiro atoms. The molecule has 2 nitrogen and oxygen atoms in total. The van der Waals surface area contributed by atoms with Crippen LogP contribution in [0, 0.1) is 20.8 Å². The molecule has 0 fully saturated rings. The van der Waals surface area contributed by atoms with Gasteiger partial charge in [-0.25, -0.2) is 0 Å². The zero-order chi connectivity index (χ0) is 14.3. The van der Waals surface area contributed by atoms with Gasteiger partial charge >= 0.3 is 0 Å². The number of aryl methyl sites for hydroxylation is 3. The van der Waals surface area contributed by atoms with Crippen LogP contribution in [0.4, 0.5) is 0 Å². The van der Waals surface area contributed by atoms with E-state index in [1.54, 1.807) is 0 Å². The second-order valence-electron chi connectivity index (χ2n) is 5.47. The van der Waals surface area contributed by atoms with E-state index in [9.17, 15) is 0 Å². The molecule has 0 atom stereocenters. The predicted molar refractivity (Wildman–Crippen MR) is 82.6 cm³/mol. The molecule has 3 aromatic rings. The molecule has 0 unspecified atom stereocenters. The summed E-state index contributed by atoms with van der Waals surface area (Å²) in [6, 6.07) is 11.0. The van der Waals surface area contributed by atoms with Crippen molar-refractivity contribution >= 4 is 10.8 Å². The zero-order valence-corrected chi connectivity index (χ0v) is 12.4.